The Morgan fingerprint density at radius 3 is 2.56 bits per heavy atom. The Balaban J connectivity index is 2.29. The first kappa shape index (κ1) is 15.2. The number of imidazole rings is 1. The third-order valence-electron chi connectivity index (χ3n) is 3.26. The summed E-state index contributed by atoms with van der Waals surface area (Å²) in [6.45, 7) is 8.99. The van der Waals surface area contributed by atoms with E-state index in [1.54, 1.807) is 0 Å². The molecular weight excluding hydrogens is 224 g/mol. The fraction of sp³-hybridized carbons (Fsp3) is 0.800. The van der Waals surface area contributed by atoms with E-state index in [1.165, 1.54) is 0 Å². The minimum atomic E-state index is -0.209. The molecule has 1 aromatic heterocycles. The lowest BCUT2D eigenvalue weighted by Crippen LogP contribution is -2.18. The molecule has 0 aliphatic rings. The molecule has 2 unspecified atom stereocenters. The van der Waals surface area contributed by atoms with Crippen LogP contribution in [0, 0.1) is 11.3 Å². The molecule has 0 amide bonds. The zero-order chi connectivity index (χ0) is 13.8. The highest BCUT2D eigenvalue weighted by atomic mass is 16.3. The fourth-order valence-corrected chi connectivity index (χ4v) is 2.64. The van der Waals surface area contributed by atoms with E-state index in [0.29, 0.717) is 11.3 Å². The highest BCUT2D eigenvalue weighted by Gasteiger charge is 2.18. The second-order valence-corrected chi connectivity index (χ2v) is 6.75. The monoisotopic (exact) mass is 252 g/mol. The molecule has 0 aliphatic carbocycles. The third kappa shape index (κ3) is 5.67. The molecule has 0 fully saturated rings. The van der Waals surface area contributed by atoms with Crippen LogP contribution in [0.1, 0.15) is 52.8 Å². The summed E-state index contributed by atoms with van der Waals surface area (Å²) in [4.78, 5) is 4.28. The molecule has 0 saturated carbocycles. The Morgan fingerprint density at radius 2 is 2.06 bits per heavy atom. The van der Waals surface area contributed by atoms with Crippen molar-refractivity contribution in [2.24, 2.45) is 18.4 Å². The number of rotatable bonds is 6. The van der Waals surface area contributed by atoms with Gasteiger partial charge in [-0.2, -0.15) is 0 Å². The van der Waals surface area contributed by atoms with E-state index in [0.717, 1.165) is 31.5 Å². The van der Waals surface area contributed by atoms with Gasteiger partial charge in [0.1, 0.15) is 5.82 Å². The van der Waals surface area contributed by atoms with Crippen molar-refractivity contribution in [2.45, 2.75) is 59.5 Å². The van der Waals surface area contributed by atoms with E-state index < -0.39 is 0 Å². The Bertz CT molecular complexity index is 352. The number of hydrogen-bond donors (Lipinski definition) is 1. The number of aryl methyl sites for hydroxylation is 2. The standard InChI is InChI=1S/C15H28N2O/c1-12(11-15(2,3)4)10-13(18)6-7-14-16-8-9-17(14)5/h8-9,12-13,18H,6-7,10-11H2,1-5H3. The molecule has 1 N–H and O–H groups in total. The maximum Gasteiger partial charge on any atom is 0.108 e. The van der Waals surface area contributed by atoms with Crippen molar-refractivity contribution >= 4 is 0 Å². The van der Waals surface area contributed by atoms with Gasteiger partial charge in [-0.3, -0.25) is 0 Å². The van der Waals surface area contributed by atoms with E-state index in [1.807, 2.05) is 24.0 Å². The van der Waals surface area contributed by atoms with Crippen LogP contribution in [0.4, 0.5) is 0 Å². The van der Waals surface area contributed by atoms with Crippen molar-refractivity contribution < 1.29 is 5.11 Å². The van der Waals surface area contributed by atoms with Gasteiger partial charge in [-0.25, -0.2) is 4.98 Å². The van der Waals surface area contributed by atoms with Crippen LogP contribution in [0.15, 0.2) is 12.4 Å². The fourth-order valence-electron chi connectivity index (χ4n) is 2.64. The zero-order valence-electron chi connectivity index (χ0n) is 12.5. The van der Waals surface area contributed by atoms with Gasteiger partial charge in [-0.15, -0.1) is 0 Å². The lowest BCUT2D eigenvalue weighted by Gasteiger charge is -2.24. The van der Waals surface area contributed by atoms with E-state index in [4.69, 9.17) is 0 Å². The van der Waals surface area contributed by atoms with Gasteiger partial charge < -0.3 is 9.67 Å². The highest BCUT2D eigenvalue weighted by molar-refractivity contribution is 4.91. The van der Waals surface area contributed by atoms with Crippen LogP contribution in [0.25, 0.3) is 0 Å². The number of aromatic nitrogens is 2. The molecule has 1 heterocycles. The third-order valence-corrected chi connectivity index (χ3v) is 3.26. The van der Waals surface area contributed by atoms with Crippen LogP contribution in [0.2, 0.25) is 0 Å². The van der Waals surface area contributed by atoms with Crippen LogP contribution in [0.3, 0.4) is 0 Å². The van der Waals surface area contributed by atoms with Gasteiger partial charge in [-0.05, 0) is 30.6 Å². The molecule has 1 aromatic rings. The Morgan fingerprint density at radius 1 is 1.39 bits per heavy atom. The number of aliphatic hydroxyl groups excluding tert-OH is 1. The summed E-state index contributed by atoms with van der Waals surface area (Å²) in [5.41, 5.74) is 0.346. The summed E-state index contributed by atoms with van der Waals surface area (Å²) < 4.78 is 2.02. The number of hydrogen-bond acceptors (Lipinski definition) is 2. The SMILES string of the molecule is CC(CC(O)CCc1nccn1C)CC(C)(C)C. The molecule has 18 heavy (non-hydrogen) atoms. The smallest absolute Gasteiger partial charge is 0.108 e. The first-order chi connectivity index (χ1) is 8.28. The van der Waals surface area contributed by atoms with E-state index in [2.05, 4.69) is 32.7 Å². The largest absolute Gasteiger partial charge is 0.393 e. The van der Waals surface area contributed by atoms with Gasteiger partial charge in [0.25, 0.3) is 0 Å². The first-order valence-electron chi connectivity index (χ1n) is 6.92. The van der Waals surface area contributed by atoms with Gasteiger partial charge in [0.2, 0.25) is 0 Å². The number of aliphatic hydroxyl groups is 1. The van der Waals surface area contributed by atoms with Gasteiger partial charge in [0.15, 0.2) is 0 Å². The average molecular weight is 252 g/mol. The Hall–Kier alpha value is -0.830. The topological polar surface area (TPSA) is 38.1 Å². The molecule has 0 saturated heterocycles. The van der Waals surface area contributed by atoms with Crippen molar-refractivity contribution in [3.63, 3.8) is 0 Å². The Kier molecular flexibility index (Phi) is 5.39. The van der Waals surface area contributed by atoms with E-state index >= 15 is 0 Å². The number of nitrogens with zero attached hydrogens (tertiary/aromatic N) is 2. The van der Waals surface area contributed by atoms with Crippen molar-refractivity contribution in [2.75, 3.05) is 0 Å². The highest BCUT2D eigenvalue weighted by Crippen LogP contribution is 2.27. The molecule has 0 spiro atoms. The van der Waals surface area contributed by atoms with E-state index in [-0.39, 0.29) is 6.10 Å². The minimum absolute atomic E-state index is 0.209. The van der Waals surface area contributed by atoms with Gasteiger partial charge in [0, 0.05) is 25.9 Å². The second-order valence-electron chi connectivity index (χ2n) is 6.75. The van der Waals surface area contributed by atoms with E-state index in [9.17, 15) is 5.11 Å². The molecule has 3 nitrogen and oxygen atoms in total. The van der Waals surface area contributed by atoms with Crippen LogP contribution in [-0.4, -0.2) is 20.8 Å². The maximum absolute atomic E-state index is 10.1. The normalized spacial score (nSPS) is 15.7. The van der Waals surface area contributed by atoms with Crippen molar-refractivity contribution in [1.29, 1.82) is 0 Å². The molecule has 0 radical (unpaired) electrons. The van der Waals surface area contributed by atoms with Crippen molar-refractivity contribution in [3.05, 3.63) is 18.2 Å². The van der Waals surface area contributed by atoms with Crippen LogP contribution < -0.4 is 0 Å². The van der Waals surface area contributed by atoms with Gasteiger partial charge >= 0.3 is 0 Å². The quantitative estimate of drug-likeness (QED) is 0.844. The summed E-state index contributed by atoms with van der Waals surface area (Å²) in [5, 5.41) is 10.1. The van der Waals surface area contributed by atoms with Crippen LogP contribution >= 0.6 is 0 Å². The maximum atomic E-state index is 10.1. The van der Waals surface area contributed by atoms with Crippen LogP contribution in [0.5, 0.6) is 0 Å². The predicted octanol–water partition coefficient (Wildman–Crippen LogP) is 3.18. The predicted molar refractivity (Wildman–Crippen MR) is 75.4 cm³/mol. The summed E-state index contributed by atoms with van der Waals surface area (Å²) in [6.07, 6.45) is 7.26. The minimum Gasteiger partial charge on any atom is -0.393 e. The first-order valence-corrected chi connectivity index (χ1v) is 6.92. The molecule has 2 atom stereocenters. The Labute approximate surface area is 111 Å². The molecule has 1 rings (SSSR count). The van der Waals surface area contributed by atoms with Crippen LogP contribution in [-0.2, 0) is 13.5 Å². The molecular formula is C15H28N2O. The summed E-state index contributed by atoms with van der Waals surface area (Å²) in [7, 11) is 2.00. The molecule has 3 heteroatoms. The van der Waals surface area contributed by atoms with Crippen molar-refractivity contribution in [3.8, 4) is 0 Å². The molecule has 104 valence electrons. The summed E-state index contributed by atoms with van der Waals surface area (Å²) in [5.74, 6) is 1.62. The summed E-state index contributed by atoms with van der Waals surface area (Å²) >= 11 is 0. The van der Waals surface area contributed by atoms with Gasteiger partial charge in [-0.1, -0.05) is 27.7 Å². The second kappa shape index (κ2) is 6.37. The lowest BCUT2D eigenvalue weighted by atomic mass is 9.83. The lowest BCUT2D eigenvalue weighted by molar-refractivity contribution is 0.124. The zero-order valence-corrected chi connectivity index (χ0v) is 12.5. The van der Waals surface area contributed by atoms with Gasteiger partial charge in [0.05, 0.1) is 6.10 Å². The molecule has 0 aromatic carbocycles. The average Bonchev–Trinajstić information content (AvgIpc) is 2.57. The molecule has 0 bridgehead atoms. The summed E-state index contributed by atoms with van der Waals surface area (Å²) in [6, 6.07) is 0. The van der Waals surface area contributed by atoms with Crippen molar-refractivity contribution in [1.82, 2.24) is 9.55 Å². The molecule has 0 aliphatic heterocycles.